The first-order valence-electron chi connectivity index (χ1n) is 5.25. The fourth-order valence-electron chi connectivity index (χ4n) is 1.51. The molecule has 98 valence electrons. The lowest BCUT2D eigenvalue weighted by molar-refractivity contribution is 0.0969. The first-order valence-corrected chi connectivity index (χ1v) is 5.25. The van der Waals surface area contributed by atoms with E-state index in [1.807, 2.05) is 0 Å². The van der Waals surface area contributed by atoms with Crippen LogP contribution in [-0.2, 0) is 6.54 Å². The van der Waals surface area contributed by atoms with Gasteiger partial charge in [0.05, 0.1) is 12.7 Å². The maximum absolute atomic E-state index is 13.0. The van der Waals surface area contributed by atoms with Crippen molar-refractivity contribution in [3.63, 3.8) is 0 Å². The molecular formula is C12H8F2N2O3. The number of Topliss-reactive ketones (excluding diaryl/α,β-unsaturated/α-hetero) is 1. The number of nitrogens with one attached hydrogen (secondary N) is 1. The first kappa shape index (κ1) is 12.9. The molecule has 0 unspecified atom stereocenters. The van der Waals surface area contributed by atoms with Gasteiger partial charge in [-0.15, -0.1) is 0 Å². The highest BCUT2D eigenvalue weighted by atomic mass is 19.1. The van der Waals surface area contributed by atoms with E-state index in [9.17, 15) is 23.2 Å². The van der Waals surface area contributed by atoms with Crippen LogP contribution in [0.5, 0.6) is 0 Å². The molecule has 0 fully saturated rings. The first-order chi connectivity index (χ1) is 8.97. The Morgan fingerprint density at radius 2 is 2.00 bits per heavy atom. The summed E-state index contributed by atoms with van der Waals surface area (Å²) >= 11 is 0. The van der Waals surface area contributed by atoms with Gasteiger partial charge in [0.1, 0.15) is 5.82 Å². The van der Waals surface area contributed by atoms with E-state index in [2.05, 4.69) is 0 Å². The van der Waals surface area contributed by atoms with Crippen molar-refractivity contribution < 1.29 is 13.6 Å². The second-order valence-corrected chi connectivity index (χ2v) is 3.80. The molecule has 0 saturated heterocycles. The van der Waals surface area contributed by atoms with E-state index in [4.69, 9.17) is 0 Å². The number of halogens is 2. The second kappa shape index (κ2) is 4.97. The quantitative estimate of drug-likeness (QED) is 0.831. The van der Waals surface area contributed by atoms with E-state index in [1.54, 1.807) is 4.98 Å². The maximum Gasteiger partial charge on any atom is 0.328 e. The Hall–Kier alpha value is -2.57. The van der Waals surface area contributed by atoms with E-state index >= 15 is 0 Å². The Morgan fingerprint density at radius 3 is 2.68 bits per heavy atom. The zero-order valence-electron chi connectivity index (χ0n) is 9.52. The van der Waals surface area contributed by atoms with Gasteiger partial charge in [0.15, 0.2) is 5.78 Å². The van der Waals surface area contributed by atoms with Crippen molar-refractivity contribution in [3.05, 3.63) is 68.5 Å². The van der Waals surface area contributed by atoms with Crippen LogP contribution in [0, 0.1) is 11.6 Å². The van der Waals surface area contributed by atoms with Gasteiger partial charge in [0.2, 0.25) is 5.82 Å². The van der Waals surface area contributed by atoms with E-state index in [0.717, 1.165) is 6.07 Å². The van der Waals surface area contributed by atoms with Gasteiger partial charge < -0.3 is 0 Å². The van der Waals surface area contributed by atoms with Gasteiger partial charge in [-0.05, 0) is 12.1 Å². The number of benzene rings is 1. The van der Waals surface area contributed by atoms with Crippen molar-refractivity contribution in [2.24, 2.45) is 0 Å². The van der Waals surface area contributed by atoms with Crippen LogP contribution in [0.15, 0.2) is 40.1 Å². The van der Waals surface area contributed by atoms with Gasteiger partial charge in [0, 0.05) is 5.56 Å². The fourth-order valence-corrected chi connectivity index (χ4v) is 1.51. The SMILES string of the molecule is O=C(Cn1cc(F)c(=O)[nH]c1=O)c1cccc(F)c1. The Morgan fingerprint density at radius 1 is 1.26 bits per heavy atom. The Bertz CT molecular complexity index is 749. The number of nitrogens with zero attached hydrogens (tertiary/aromatic N) is 1. The van der Waals surface area contributed by atoms with E-state index in [0.29, 0.717) is 10.8 Å². The predicted molar refractivity (Wildman–Crippen MR) is 62.0 cm³/mol. The molecule has 1 aromatic heterocycles. The van der Waals surface area contributed by atoms with Gasteiger partial charge in [-0.2, -0.15) is 4.39 Å². The van der Waals surface area contributed by atoms with Crippen molar-refractivity contribution >= 4 is 5.78 Å². The van der Waals surface area contributed by atoms with Crippen LogP contribution < -0.4 is 11.2 Å². The summed E-state index contributed by atoms with van der Waals surface area (Å²) in [6.45, 7) is -0.490. The van der Waals surface area contributed by atoms with Crippen LogP contribution in [0.4, 0.5) is 8.78 Å². The lowest BCUT2D eigenvalue weighted by atomic mass is 10.1. The average molecular weight is 266 g/mol. The number of ketones is 1. The summed E-state index contributed by atoms with van der Waals surface area (Å²) in [5.41, 5.74) is -2.01. The highest BCUT2D eigenvalue weighted by Crippen LogP contribution is 2.05. The van der Waals surface area contributed by atoms with E-state index < -0.39 is 35.2 Å². The van der Waals surface area contributed by atoms with Crippen molar-refractivity contribution in [2.45, 2.75) is 6.54 Å². The minimum atomic E-state index is -1.17. The summed E-state index contributed by atoms with van der Waals surface area (Å²) in [4.78, 5) is 35.7. The van der Waals surface area contributed by atoms with Crippen LogP contribution in [0.2, 0.25) is 0 Å². The molecule has 7 heteroatoms. The molecule has 0 amide bonds. The lowest BCUT2D eigenvalue weighted by Crippen LogP contribution is -2.33. The highest BCUT2D eigenvalue weighted by Gasteiger charge is 2.10. The van der Waals surface area contributed by atoms with Gasteiger partial charge >= 0.3 is 5.69 Å². The third kappa shape index (κ3) is 2.82. The van der Waals surface area contributed by atoms with Crippen molar-refractivity contribution in [1.29, 1.82) is 0 Å². The summed E-state index contributed by atoms with van der Waals surface area (Å²) in [6.07, 6.45) is 0.637. The van der Waals surface area contributed by atoms with Crippen molar-refractivity contribution in [2.75, 3.05) is 0 Å². The molecule has 1 aromatic carbocycles. The molecular weight excluding hydrogens is 258 g/mol. The number of carbonyl (C=O) groups is 1. The van der Waals surface area contributed by atoms with Gasteiger partial charge in [-0.1, -0.05) is 12.1 Å². The Labute approximate surface area is 105 Å². The number of rotatable bonds is 3. The summed E-state index contributed by atoms with van der Waals surface area (Å²) in [5, 5.41) is 0. The van der Waals surface area contributed by atoms with Crippen molar-refractivity contribution in [1.82, 2.24) is 9.55 Å². The average Bonchev–Trinajstić information content (AvgIpc) is 2.36. The van der Waals surface area contributed by atoms with E-state index in [1.165, 1.54) is 18.2 Å². The monoisotopic (exact) mass is 266 g/mol. The van der Waals surface area contributed by atoms with Gasteiger partial charge in [0.25, 0.3) is 5.56 Å². The standard InChI is InChI=1S/C12H8F2N2O3/c13-8-3-1-2-7(4-8)10(17)6-16-5-9(14)11(18)15-12(16)19/h1-5H,6H2,(H,15,18,19). The van der Waals surface area contributed by atoms with E-state index in [-0.39, 0.29) is 5.56 Å². The molecule has 0 spiro atoms. The molecule has 0 bridgehead atoms. The third-order valence-corrected chi connectivity index (χ3v) is 2.43. The zero-order chi connectivity index (χ0) is 14.0. The highest BCUT2D eigenvalue weighted by molar-refractivity contribution is 5.95. The topological polar surface area (TPSA) is 71.9 Å². The fraction of sp³-hybridized carbons (Fsp3) is 0.0833. The van der Waals surface area contributed by atoms with Crippen LogP contribution in [0.25, 0.3) is 0 Å². The summed E-state index contributed by atoms with van der Waals surface area (Å²) < 4.78 is 26.6. The molecule has 5 nitrogen and oxygen atoms in total. The number of aromatic amines is 1. The molecule has 1 N–H and O–H groups in total. The number of carbonyl (C=O) groups excluding carboxylic acids is 1. The van der Waals surface area contributed by atoms with Crippen LogP contribution in [0.3, 0.4) is 0 Å². The largest absolute Gasteiger partial charge is 0.328 e. The smallest absolute Gasteiger partial charge is 0.292 e. The minimum Gasteiger partial charge on any atom is -0.292 e. The van der Waals surface area contributed by atoms with Crippen LogP contribution in [0.1, 0.15) is 10.4 Å². The Kier molecular flexibility index (Phi) is 3.37. The minimum absolute atomic E-state index is 0.0542. The molecule has 0 aliphatic carbocycles. The molecule has 0 atom stereocenters. The summed E-state index contributed by atoms with van der Waals surface area (Å²) in [7, 11) is 0. The number of aromatic nitrogens is 2. The maximum atomic E-state index is 13.0. The molecule has 19 heavy (non-hydrogen) atoms. The summed E-state index contributed by atoms with van der Waals surface area (Å²) in [6, 6.07) is 4.90. The molecule has 0 aliphatic rings. The number of hydrogen-bond donors (Lipinski definition) is 1. The predicted octanol–water partition coefficient (Wildman–Crippen LogP) is 0.698. The van der Waals surface area contributed by atoms with Crippen molar-refractivity contribution in [3.8, 4) is 0 Å². The van der Waals surface area contributed by atoms with Crippen LogP contribution in [-0.4, -0.2) is 15.3 Å². The molecule has 0 radical (unpaired) electrons. The molecule has 2 aromatic rings. The zero-order valence-corrected chi connectivity index (χ0v) is 9.52. The summed E-state index contributed by atoms with van der Waals surface area (Å²) in [5.74, 6) is -2.34. The number of hydrogen-bond acceptors (Lipinski definition) is 3. The molecule has 0 saturated carbocycles. The molecule has 0 aliphatic heterocycles. The Balaban J connectivity index is 2.32. The third-order valence-electron chi connectivity index (χ3n) is 2.43. The number of H-pyrrole nitrogens is 1. The van der Waals surface area contributed by atoms with Gasteiger partial charge in [-0.3, -0.25) is 19.1 Å². The lowest BCUT2D eigenvalue weighted by Gasteiger charge is -2.04. The second-order valence-electron chi connectivity index (χ2n) is 3.80. The molecule has 2 rings (SSSR count). The normalized spacial score (nSPS) is 10.4. The van der Waals surface area contributed by atoms with Crippen LogP contribution >= 0.6 is 0 Å². The van der Waals surface area contributed by atoms with Gasteiger partial charge in [-0.25, -0.2) is 9.18 Å². The molecule has 1 heterocycles.